The largest absolute Gasteiger partial charge is 0.495 e. The zero-order valence-corrected chi connectivity index (χ0v) is 15.2. The highest BCUT2D eigenvalue weighted by Gasteiger charge is 2.14. The molecule has 2 aromatic rings. The molecule has 25 heavy (non-hydrogen) atoms. The molecule has 0 aromatic heterocycles. The molecule has 0 aliphatic rings. The van der Waals surface area contributed by atoms with Crippen molar-refractivity contribution in [3.8, 4) is 17.2 Å². The summed E-state index contributed by atoms with van der Waals surface area (Å²) >= 11 is 0. The van der Waals surface area contributed by atoms with Crippen molar-refractivity contribution in [3.63, 3.8) is 0 Å². The number of carbonyl (C=O) groups is 1. The van der Waals surface area contributed by atoms with Crippen molar-refractivity contribution in [2.24, 2.45) is 0 Å². The molecule has 2 amide bonds. The molecule has 0 aliphatic heterocycles. The molecule has 2 aromatic carbocycles. The first kappa shape index (κ1) is 18.4. The Labute approximate surface area is 148 Å². The van der Waals surface area contributed by atoms with E-state index in [2.05, 4.69) is 10.6 Å². The maximum absolute atomic E-state index is 12.3. The first-order valence-corrected chi connectivity index (χ1v) is 7.92. The van der Waals surface area contributed by atoms with Gasteiger partial charge in [-0.2, -0.15) is 0 Å². The molecular formula is C19H24N2O4. The summed E-state index contributed by atoms with van der Waals surface area (Å²) < 4.78 is 15.8. The smallest absolute Gasteiger partial charge is 0.319 e. The zero-order valence-electron chi connectivity index (χ0n) is 15.2. The van der Waals surface area contributed by atoms with Gasteiger partial charge in [0.25, 0.3) is 0 Å². The number of hydrogen-bond donors (Lipinski definition) is 2. The van der Waals surface area contributed by atoms with E-state index in [1.807, 2.05) is 50.2 Å². The number of methoxy groups -OCH3 is 3. The van der Waals surface area contributed by atoms with Crippen LogP contribution in [-0.4, -0.2) is 27.4 Å². The molecule has 0 saturated heterocycles. The van der Waals surface area contributed by atoms with Crippen LogP contribution in [0.5, 0.6) is 17.2 Å². The van der Waals surface area contributed by atoms with Crippen LogP contribution in [0.15, 0.2) is 36.4 Å². The molecule has 6 nitrogen and oxygen atoms in total. The van der Waals surface area contributed by atoms with Crippen molar-refractivity contribution in [1.29, 1.82) is 0 Å². The standard InChI is InChI=1S/C19H24N2O4/c1-12-6-8-16(23-3)15(10-12)21-19(22)20-13(2)14-7-9-17(24-4)18(11-14)25-5/h6-11,13H,1-5H3,(H2,20,21,22)/t13-/m0/s1. The summed E-state index contributed by atoms with van der Waals surface area (Å²) in [6.45, 7) is 3.85. The molecule has 0 aliphatic carbocycles. The summed E-state index contributed by atoms with van der Waals surface area (Å²) in [5, 5.41) is 5.73. The van der Waals surface area contributed by atoms with E-state index >= 15 is 0 Å². The minimum atomic E-state index is -0.314. The number of benzene rings is 2. The van der Waals surface area contributed by atoms with Crippen molar-refractivity contribution >= 4 is 11.7 Å². The van der Waals surface area contributed by atoms with Gasteiger partial charge < -0.3 is 24.8 Å². The Bertz CT molecular complexity index is 746. The van der Waals surface area contributed by atoms with Gasteiger partial charge in [0.05, 0.1) is 33.1 Å². The van der Waals surface area contributed by atoms with Gasteiger partial charge in [-0.05, 0) is 49.2 Å². The lowest BCUT2D eigenvalue weighted by molar-refractivity contribution is 0.249. The SMILES string of the molecule is COc1ccc(C)cc1NC(=O)N[C@@H](C)c1ccc(OC)c(OC)c1. The summed E-state index contributed by atoms with van der Waals surface area (Å²) in [6.07, 6.45) is 0. The van der Waals surface area contributed by atoms with E-state index in [1.165, 1.54) is 0 Å². The lowest BCUT2D eigenvalue weighted by Crippen LogP contribution is -2.31. The number of amides is 2. The van der Waals surface area contributed by atoms with Crippen LogP contribution < -0.4 is 24.8 Å². The fourth-order valence-electron chi connectivity index (χ4n) is 2.48. The molecule has 1 atom stereocenters. The lowest BCUT2D eigenvalue weighted by atomic mass is 10.1. The second kappa shape index (κ2) is 8.28. The highest BCUT2D eigenvalue weighted by atomic mass is 16.5. The van der Waals surface area contributed by atoms with Gasteiger partial charge in [0.15, 0.2) is 11.5 Å². The Morgan fingerprint density at radius 2 is 1.56 bits per heavy atom. The Kier molecular flexibility index (Phi) is 6.11. The van der Waals surface area contributed by atoms with E-state index in [4.69, 9.17) is 14.2 Å². The van der Waals surface area contributed by atoms with Gasteiger partial charge in [0.2, 0.25) is 0 Å². The summed E-state index contributed by atoms with van der Waals surface area (Å²) in [4.78, 5) is 12.3. The predicted octanol–water partition coefficient (Wildman–Crippen LogP) is 3.90. The number of aryl methyl sites for hydroxylation is 1. The first-order valence-electron chi connectivity index (χ1n) is 7.92. The van der Waals surface area contributed by atoms with E-state index in [-0.39, 0.29) is 12.1 Å². The topological polar surface area (TPSA) is 68.8 Å². The third-order valence-corrected chi connectivity index (χ3v) is 3.86. The third kappa shape index (κ3) is 4.56. The molecule has 2 rings (SSSR count). The fraction of sp³-hybridized carbons (Fsp3) is 0.316. The molecule has 0 fully saturated rings. The molecule has 0 unspecified atom stereocenters. The van der Waals surface area contributed by atoms with Crippen LogP contribution in [-0.2, 0) is 0 Å². The molecule has 0 radical (unpaired) electrons. The van der Waals surface area contributed by atoms with E-state index in [0.29, 0.717) is 22.9 Å². The van der Waals surface area contributed by atoms with E-state index in [0.717, 1.165) is 11.1 Å². The van der Waals surface area contributed by atoms with Crippen LogP contribution in [0.4, 0.5) is 10.5 Å². The molecule has 0 heterocycles. The molecule has 134 valence electrons. The normalized spacial score (nSPS) is 11.4. The van der Waals surface area contributed by atoms with Crippen LogP contribution in [0.1, 0.15) is 24.1 Å². The van der Waals surface area contributed by atoms with Gasteiger partial charge in [0.1, 0.15) is 5.75 Å². The number of anilines is 1. The van der Waals surface area contributed by atoms with Crippen LogP contribution in [0.25, 0.3) is 0 Å². The van der Waals surface area contributed by atoms with Crippen molar-refractivity contribution in [3.05, 3.63) is 47.5 Å². The predicted molar refractivity (Wildman–Crippen MR) is 97.8 cm³/mol. The van der Waals surface area contributed by atoms with E-state index in [1.54, 1.807) is 21.3 Å². The number of hydrogen-bond acceptors (Lipinski definition) is 4. The summed E-state index contributed by atoms with van der Waals surface area (Å²) in [7, 11) is 4.73. The maximum atomic E-state index is 12.3. The summed E-state index contributed by atoms with van der Waals surface area (Å²) in [5.74, 6) is 1.88. The minimum absolute atomic E-state index is 0.212. The van der Waals surface area contributed by atoms with Gasteiger partial charge in [-0.1, -0.05) is 12.1 Å². The molecule has 2 N–H and O–H groups in total. The second-order valence-corrected chi connectivity index (χ2v) is 5.64. The van der Waals surface area contributed by atoms with Crippen LogP contribution in [0.2, 0.25) is 0 Å². The summed E-state index contributed by atoms with van der Waals surface area (Å²) in [6, 6.07) is 10.6. The molecule has 0 saturated carbocycles. The number of carbonyl (C=O) groups excluding carboxylic acids is 1. The number of ether oxygens (including phenoxy) is 3. The Morgan fingerprint density at radius 3 is 2.20 bits per heavy atom. The zero-order chi connectivity index (χ0) is 18.4. The average Bonchev–Trinajstić information content (AvgIpc) is 2.61. The van der Waals surface area contributed by atoms with Crippen molar-refractivity contribution in [2.45, 2.75) is 19.9 Å². The Balaban J connectivity index is 2.09. The third-order valence-electron chi connectivity index (χ3n) is 3.86. The quantitative estimate of drug-likeness (QED) is 0.834. The average molecular weight is 344 g/mol. The van der Waals surface area contributed by atoms with Crippen LogP contribution in [0, 0.1) is 6.92 Å². The first-order chi connectivity index (χ1) is 12.0. The monoisotopic (exact) mass is 344 g/mol. The Morgan fingerprint density at radius 1 is 0.920 bits per heavy atom. The fourth-order valence-corrected chi connectivity index (χ4v) is 2.48. The van der Waals surface area contributed by atoms with Gasteiger partial charge >= 0.3 is 6.03 Å². The van der Waals surface area contributed by atoms with Gasteiger partial charge in [0, 0.05) is 0 Å². The second-order valence-electron chi connectivity index (χ2n) is 5.64. The highest BCUT2D eigenvalue weighted by molar-refractivity contribution is 5.91. The summed E-state index contributed by atoms with van der Waals surface area (Å²) in [5.41, 5.74) is 2.56. The van der Waals surface area contributed by atoms with E-state index in [9.17, 15) is 4.79 Å². The Hall–Kier alpha value is -2.89. The van der Waals surface area contributed by atoms with Crippen molar-refractivity contribution in [2.75, 3.05) is 26.6 Å². The lowest BCUT2D eigenvalue weighted by Gasteiger charge is -2.18. The van der Waals surface area contributed by atoms with Gasteiger partial charge in [-0.25, -0.2) is 4.79 Å². The minimum Gasteiger partial charge on any atom is -0.495 e. The molecule has 0 spiro atoms. The number of rotatable bonds is 6. The molecule has 0 bridgehead atoms. The van der Waals surface area contributed by atoms with Crippen molar-refractivity contribution in [1.82, 2.24) is 5.32 Å². The molecule has 6 heteroatoms. The van der Waals surface area contributed by atoms with Crippen LogP contribution >= 0.6 is 0 Å². The number of nitrogens with one attached hydrogen (secondary N) is 2. The number of urea groups is 1. The van der Waals surface area contributed by atoms with Gasteiger partial charge in [-0.15, -0.1) is 0 Å². The van der Waals surface area contributed by atoms with Gasteiger partial charge in [-0.3, -0.25) is 0 Å². The molecular weight excluding hydrogens is 320 g/mol. The van der Waals surface area contributed by atoms with E-state index < -0.39 is 0 Å². The highest BCUT2D eigenvalue weighted by Crippen LogP contribution is 2.30. The van der Waals surface area contributed by atoms with Crippen LogP contribution in [0.3, 0.4) is 0 Å². The maximum Gasteiger partial charge on any atom is 0.319 e. The van der Waals surface area contributed by atoms with Crippen molar-refractivity contribution < 1.29 is 19.0 Å².